The van der Waals surface area contributed by atoms with E-state index in [4.69, 9.17) is 0 Å². The zero-order valence-corrected chi connectivity index (χ0v) is 10.1. The number of fused-ring (bicyclic) bond motifs is 1. The molecular formula is C10H12N2OS2. The van der Waals surface area contributed by atoms with Gasteiger partial charge in [-0.3, -0.25) is 4.79 Å². The number of hydrogen-bond donors (Lipinski definition) is 0. The molecule has 0 amide bonds. The highest BCUT2D eigenvalue weighted by atomic mass is 32.2. The van der Waals surface area contributed by atoms with Crippen molar-refractivity contribution in [3.63, 3.8) is 0 Å². The van der Waals surface area contributed by atoms with Crippen molar-refractivity contribution in [2.24, 2.45) is 0 Å². The molecule has 0 saturated heterocycles. The molecule has 0 saturated carbocycles. The SMILES string of the molecule is CSCCCn1ncc2ccsc2c1=O. The summed E-state index contributed by atoms with van der Waals surface area (Å²) in [4.78, 5) is 11.9. The van der Waals surface area contributed by atoms with Crippen LogP contribution in [0.5, 0.6) is 0 Å². The van der Waals surface area contributed by atoms with E-state index in [2.05, 4.69) is 11.4 Å². The monoisotopic (exact) mass is 240 g/mol. The highest BCUT2D eigenvalue weighted by Crippen LogP contribution is 2.14. The number of rotatable bonds is 4. The number of thioether (sulfide) groups is 1. The van der Waals surface area contributed by atoms with Gasteiger partial charge >= 0.3 is 0 Å². The van der Waals surface area contributed by atoms with Crippen LogP contribution in [-0.4, -0.2) is 21.8 Å². The van der Waals surface area contributed by atoms with Crippen molar-refractivity contribution < 1.29 is 0 Å². The van der Waals surface area contributed by atoms with Crippen LogP contribution in [0.2, 0.25) is 0 Å². The molecule has 15 heavy (non-hydrogen) atoms. The maximum atomic E-state index is 11.9. The van der Waals surface area contributed by atoms with Crippen LogP contribution in [0.25, 0.3) is 10.1 Å². The Morgan fingerprint density at radius 1 is 1.60 bits per heavy atom. The second-order valence-corrected chi connectivity index (χ2v) is 5.13. The molecule has 2 rings (SSSR count). The molecule has 0 atom stereocenters. The Labute approximate surface area is 96.1 Å². The molecule has 0 bridgehead atoms. The van der Waals surface area contributed by atoms with E-state index >= 15 is 0 Å². The quantitative estimate of drug-likeness (QED) is 0.769. The summed E-state index contributed by atoms with van der Waals surface area (Å²) in [5, 5.41) is 7.03. The lowest BCUT2D eigenvalue weighted by molar-refractivity contribution is 0.577. The molecule has 0 radical (unpaired) electrons. The highest BCUT2D eigenvalue weighted by molar-refractivity contribution is 7.98. The Bertz CT molecular complexity index is 503. The van der Waals surface area contributed by atoms with Crippen LogP contribution in [-0.2, 0) is 6.54 Å². The third kappa shape index (κ3) is 2.23. The normalized spacial score (nSPS) is 11.0. The molecule has 0 aliphatic heterocycles. The Kier molecular flexibility index (Phi) is 3.43. The van der Waals surface area contributed by atoms with Gasteiger partial charge in [0.05, 0.1) is 6.20 Å². The van der Waals surface area contributed by atoms with E-state index in [1.807, 2.05) is 11.4 Å². The van der Waals surface area contributed by atoms with Crippen LogP contribution in [0, 0.1) is 0 Å². The molecule has 2 aromatic rings. The number of nitrogens with zero attached hydrogens (tertiary/aromatic N) is 2. The molecular weight excluding hydrogens is 228 g/mol. The van der Waals surface area contributed by atoms with Crippen molar-refractivity contribution in [2.45, 2.75) is 13.0 Å². The lowest BCUT2D eigenvalue weighted by atomic mass is 10.4. The van der Waals surface area contributed by atoms with E-state index in [1.165, 1.54) is 11.3 Å². The minimum absolute atomic E-state index is 0.0450. The Morgan fingerprint density at radius 2 is 2.47 bits per heavy atom. The molecule has 0 unspecified atom stereocenters. The summed E-state index contributed by atoms with van der Waals surface area (Å²) in [6, 6.07) is 1.93. The van der Waals surface area contributed by atoms with Gasteiger partial charge in [0.15, 0.2) is 0 Å². The van der Waals surface area contributed by atoms with Crippen molar-refractivity contribution in [3.05, 3.63) is 28.0 Å². The van der Waals surface area contributed by atoms with E-state index in [1.54, 1.807) is 22.6 Å². The van der Waals surface area contributed by atoms with Gasteiger partial charge < -0.3 is 0 Å². The maximum absolute atomic E-state index is 11.9. The van der Waals surface area contributed by atoms with Gasteiger partial charge in [-0.15, -0.1) is 11.3 Å². The molecule has 2 heterocycles. The first-order chi connectivity index (χ1) is 7.33. The van der Waals surface area contributed by atoms with Crippen molar-refractivity contribution in [1.82, 2.24) is 9.78 Å². The van der Waals surface area contributed by atoms with Crippen LogP contribution in [0.15, 0.2) is 22.4 Å². The molecule has 0 N–H and O–H groups in total. The summed E-state index contributed by atoms with van der Waals surface area (Å²) in [6.07, 6.45) is 4.83. The first-order valence-electron chi connectivity index (χ1n) is 4.75. The molecule has 0 spiro atoms. The van der Waals surface area contributed by atoms with Crippen molar-refractivity contribution in [3.8, 4) is 0 Å². The van der Waals surface area contributed by atoms with Crippen molar-refractivity contribution in [2.75, 3.05) is 12.0 Å². The van der Waals surface area contributed by atoms with Gasteiger partial charge in [0.2, 0.25) is 0 Å². The van der Waals surface area contributed by atoms with Gasteiger partial charge in [0, 0.05) is 11.9 Å². The summed E-state index contributed by atoms with van der Waals surface area (Å²) in [5.74, 6) is 1.07. The number of aromatic nitrogens is 2. The van der Waals surface area contributed by atoms with Gasteiger partial charge in [-0.25, -0.2) is 4.68 Å². The van der Waals surface area contributed by atoms with E-state index in [0.29, 0.717) is 6.54 Å². The summed E-state index contributed by atoms with van der Waals surface area (Å²) < 4.78 is 2.38. The second kappa shape index (κ2) is 4.81. The molecule has 3 nitrogen and oxygen atoms in total. The fourth-order valence-electron chi connectivity index (χ4n) is 1.41. The maximum Gasteiger partial charge on any atom is 0.284 e. The summed E-state index contributed by atoms with van der Waals surface area (Å²) >= 11 is 3.28. The topological polar surface area (TPSA) is 34.9 Å². The van der Waals surface area contributed by atoms with Gasteiger partial charge in [-0.05, 0) is 29.9 Å². The Hall–Kier alpha value is -0.810. The Morgan fingerprint density at radius 3 is 3.27 bits per heavy atom. The van der Waals surface area contributed by atoms with Gasteiger partial charge in [0.25, 0.3) is 5.56 Å². The smallest absolute Gasteiger partial charge is 0.266 e. The lowest BCUT2D eigenvalue weighted by Gasteiger charge is -2.02. The molecule has 5 heteroatoms. The Balaban J connectivity index is 2.28. The summed E-state index contributed by atoms with van der Waals surface area (Å²) in [6.45, 7) is 0.716. The lowest BCUT2D eigenvalue weighted by Crippen LogP contribution is -2.22. The fourth-order valence-corrected chi connectivity index (χ4v) is 2.65. The van der Waals surface area contributed by atoms with E-state index in [0.717, 1.165) is 22.3 Å². The average molecular weight is 240 g/mol. The predicted molar refractivity (Wildman–Crippen MR) is 66.9 cm³/mol. The average Bonchev–Trinajstić information content (AvgIpc) is 2.70. The van der Waals surface area contributed by atoms with Crippen LogP contribution >= 0.6 is 23.1 Å². The molecule has 2 aromatic heterocycles. The van der Waals surface area contributed by atoms with Crippen LogP contribution in [0.3, 0.4) is 0 Å². The zero-order chi connectivity index (χ0) is 10.7. The summed E-state index contributed by atoms with van der Waals surface area (Å²) in [7, 11) is 0. The molecule has 80 valence electrons. The van der Waals surface area contributed by atoms with Crippen LogP contribution in [0.4, 0.5) is 0 Å². The van der Waals surface area contributed by atoms with E-state index < -0.39 is 0 Å². The molecule has 0 aliphatic carbocycles. The first-order valence-corrected chi connectivity index (χ1v) is 7.02. The predicted octanol–water partition coefficient (Wildman–Crippen LogP) is 2.21. The van der Waals surface area contributed by atoms with Gasteiger partial charge in [-0.1, -0.05) is 0 Å². The highest BCUT2D eigenvalue weighted by Gasteiger charge is 2.04. The van der Waals surface area contributed by atoms with Crippen molar-refractivity contribution in [1.29, 1.82) is 0 Å². The minimum Gasteiger partial charge on any atom is -0.266 e. The standard InChI is InChI=1S/C10H12N2OS2/c1-14-5-2-4-12-10(13)9-8(7-11-12)3-6-15-9/h3,6-7H,2,4-5H2,1H3. The van der Waals surface area contributed by atoms with Crippen LogP contribution < -0.4 is 5.56 Å². The second-order valence-electron chi connectivity index (χ2n) is 3.22. The van der Waals surface area contributed by atoms with Crippen molar-refractivity contribution >= 4 is 33.2 Å². The van der Waals surface area contributed by atoms with E-state index in [-0.39, 0.29) is 5.56 Å². The van der Waals surface area contributed by atoms with Gasteiger partial charge in [-0.2, -0.15) is 16.9 Å². The van der Waals surface area contributed by atoms with Gasteiger partial charge in [0.1, 0.15) is 4.70 Å². The third-order valence-electron chi connectivity index (χ3n) is 2.18. The van der Waals surface area contributed by atoms with E-state index in [9.17, 15) is 4.79 Å². The number of thiophene rings is 1. The molecule has 0 aromatic carbocycles. The molecule has 0 fully saturated rings. The zero-order valence-electron chi connectivity index (χ0n) is 8.47. The summed E-state index contributed by atoms with van der Waals surface area (Å²) in [5.41, 5.74) is 0.0450. The number of aryl methyl sites for hydroxylation is 1. The number of hydrogen-bond acceptors (Lipinski definition) is 4. The molecule has 0 aliphatic rings. The largest absolute Gasteiger partial charge is 0.284 e. The first kappa shape index (κ1) is 10.7. The minimum atomic E-state index is 0.0450. The fraction of sp³-hybridized carbons (Fsp3) is 0.400. The van der Waals surface area contributed by atoms with Crippen LogP contribution in [0.1, 0.15) is 6.42 Å². The third-order valence-corrected chi connectivity index (χ3v) is 3.79.